The molecule has 2 fully saturated rings. The third-order valence-electron chi connectivity index (χ3n) is 5.49. The predicted octanol–water partition coefficient (Wildman–Crippen LogP) is 4.17. The summed E-state index contributed by atoms with van der Waals surface area (Å²) in [7, 11) is 0. The molecule has 1 aliphatic heterocycles. The second kappa shape index (κ2) is 7.92. The number of nitrogens with zero attached hydrogens (tertiary/aromatic N) is 1. The van der Waals surface area contributed by atoms with Crippen molar-refractivity contribution in [2.75, 3.05) is 26.2 Å². The van der Waals surface area contributed by atoms with Crippen molar-refractivity contribution in [3.05, 3.63) is 46.5 Å². The third kappa shape index (κ3) is 4.65. The predicted molar refractivity (Wildman–Crippen MR) is 104 cm³/mol. The summed E-state index contributed by atoms with van der Waals surface area (Å²) in [5.41, 5.74) is 2.17. The molecule has 1 aliphatic carbocycles. The second-order valence-electron chi connectivity index (χ2n) is 7.85. The minimum Gasteiger partial charge on any atom is -0.355 e. The number of carbonyl (C=O) groups is 1. The fourth-order valence-corrected chi connectivity index (χ4v) is 3.87. The molecule has 0 radical (unpaired) electrons. The summed E-state index contributed by atoms with van der Waals surface area (Å²) >= 11 is 5.97. The molecule has 2 aliphatic rings. The SMILES string of the molecule is CC(C)=CCN1CCCC(CNC(=O)C2(c3ccc(Cl)cc3)CC2)C1. The van der Waals surface area contributed by atoms with E-state index in [-0.39, 0.29) is 11.3 Å². The number of hydrogen-bond acceptors (Lipinski definition) is 2. The van der Waals surface area contributed by atoms with Crippen LogP contribution in [-0.2, 0) is 10.2 Å². The molecule has 1 atom stereocenters. The summed E-state index contributed by atoms with van der Waals surface area (Å²) in [6, 6.07) is 7.76. The zero-order chi connectivity index (χ0) is 17.9. The van der Waals surface area contributed by atoms with E-state index in [1.807, 2.05) is 24.3 Å². The van der Waals surface area contributed by atoms with Crippen LogP contribution in [0, 0.1) is 5.92 Å². The maximum atomic E-state index is 12.8. The molecule has 3 rings (SSSR count). The van der Waals surface area contributed by atoms with E-state index in [4.69, 9.17) is 11.6 Å². The van der Waals surface area contributed by atoms with Crippen molar-refractivity contribution in [1.29, 1.82) is 0 Å². The van der Waals surface area contributed by atoms with E-state index < -0.39 is 0 Å². The van der Waals surface area contributed by atoms with E-state index in [0.717, 1.165) is 43.1 Å². The number of benzene rings is 1. The summed E-state index contributed by atoms with van der Waals surface area (Å²) < 4.78 is 0. The molecule has 1 heterocycles. The number of likely N-dealkylation sites (tertiary alicyclic amines) is 1. The average Bonchev–Trinajstić information content (AvgIpc) is 3.41. The van der Waals surface area contributed by atoms with Crippen LogP contribution in [0.4, 0.5) is 0 Å². The molecule has 1 aromatic carbocycles. The maximum Gasteiger partial charge on any atom is 0.230 e. The average molecular weight is 361 g/mol. The highest BCUT2D eigenvalue weighted by atomic mass is 35.5. The molecule has 1 aromatic rings. The first kappa shape index (κ1) is 18.5. The van der Waals surface area contributed by atoms with Crippen LogP contribution in [0.2, 0.25) is 5.02 Å². The zero-order valence-corrected chi connectivity index (χ0v) is 16.1. The van der Waals surface area contributed by atoms with Gasteiger partial charge in [-0.2, -0.15) is 0 Å². The standard InChI is InChI=1S/C21H29ClN2O/c1-16(2)9-13-24-12-3-4-17(15-24)14-23-20(25)21(10-11-21)18-5-7-19(22)8-6-18/h5-9,17H,3-4,10-15H2,1-2H3,(H,23,25). The van der Waals surface area contributed by atoms with Gasteiger partial charge in [0.15, 0.2) is 0 Å². The van der Waals surface area contributed by atoms with Crippen molar-refractivity contribution < 1.29 is 4.79 Å². The van der Waals surface area contributed by atoms with Crippen molar-refractivity contribution >= 4 is 17.5 Å². The molecule has 1 saturated carbocycles. The zero-order valence-electron chi connectivity index (χ0n) is 15.4. The lowest BCUT2D eigenvalue weighted by Crippen LogP contribution is -2.43. The molecule has 0 aromatic heterocycles. The Morgan fingerprint density at radius 3 is 2.68 bits per heavy atom. The van der Waals surface area contributed by atoms with E-state index in [1.165, 1.54) is 25.0 Å². The minimum atomic E-state index is -0.305. The molecule has 0 bridgehead atoms. The van der Waals surface area contributed by atoms with Gasteiger partial charge in [-0.15, -0.1) is 0 Å². The molecule has 0 spiro atoms. The first-order valence-electron chi connectivity index (χ1n) is 9.40. The monoisotopic (exact) mass is 360 g/mol. The molecule has 4 heteroatoms. The smallest absolute Gasteiger partial charge is 0.230 e. The topological polar surface area (TPSA) is 32.3 Å². The molecule has 25 heavy (non-hydrogen) atoms. The lowest BCUT2D eigenvalue weighted by Gasteiger charge is -2.32. The number of rotatable bonds is 6. The molecule has 1 saturated heterocycles. The Morgan fingerprint density at radius 2 is 2.04 bits per heavy atom. The number of nitrogens with one attached hydrogen (secondary N) is 1. The largest absolute Gasteiger partial charge is 0.355 e. The van der Waals surface area contributed by atoms with Crippen molar-refractivity contribution in [2.45, 2.75) is 44.9 Å². The van der Waals surface area contributed by atoms with Gasteiger partial charge in [0.2, 0.25) is 5.91 Å². The van der Waals surface area contributed by atoms with Crippen LogP contribution in [-0.4, -0.2) is 37.0 Å². The van der Waals surface area contributed by atoms with Gasteiger partial charge in [0.25, 0.3) is 0 Å². The van der Waals surface area contributed by atoms with Crippen LogP contribution in [0.1, 0.15) is 45.1 Å². The first-order chi connectivity index (χ1) is 12.0. The minimum absolute atomic E-state index is 0.191. The molecule has 136 valence electrons. The van der Waals surface area contributed by atoms with Gasteiger partial charge >= 0.3 is 0 Å². The van der Waals surface area contributed by atoms with E-state index in [2.05, 4.69) is 30.1 Å². The van der Waals surface area contributed by atoms with Crippen LogP contribution >= 0.6 is 11.6 Å². The van der Waals surface area contributed by atoms with Gasteiger partial charge < -0.3 is 5.32 Å². The number of piperidine rings is 1. The van der Waals surface area contributed by atoms with E-state index in [9.17, 15) is 4.79 Å². The molecule has 1 N–H and O–H groups in total. The summed E-state index contributed by atoms with van der Waals surface area (Å²) in [5, 5.41) is 3.96. The van der Waals surface area contributed by atoms with Gasteiger partial charge in [-0.25, -0.2) is 0 Å². The summed E-state index contributed by atoms with van der Waals surface area (Å²) in [6.45, 7) is 8.36. The van der Waals surface area contributed by atoms with Crippen molar-refractivity contribution in [1.82, 2.24) is 10.2 Å². The fourth-order valence-electron chi connectivity index (χ4n) is 3.74. The van der Waals surface area contributed by atoms with Gasteiger partial charge in [-0.05, 0) is 69.7 Å². The number of amides is 1. The normalized spacial score (nSPS) is 22.3. The van der Waals surface area contributed by atoms with Gasteiger partial charge in [-0.3, -0.25) is 9.69 Å². The summed E-state index contributed by atoms with van der Waals surface area (Å²) in [4.78, 5) is 15.3. The highest BCUT2D eigenvalue weighted by Gasteiger charge is 2.51. The van der Waals surface area contributed by atoms with Crippen LogP contribution < -0.4 is 5.32 Å². The lowest BCUT2D eigenvalue weighted by atomic mass is 9.93. The van der Waals surface area contributed by atoms with Crippen molar-refractivity contribution in [3.63, 3.8) is 0 Å². The first-order valence-corrected chi connectivity index (χ1v) is 9.77. The van der Waals surface area contributed by atoms with Crippen molar-refractivity contribution in [3.8, 4) is 0 Å². The molecule has 3 nitrogen and oxygen atoms in total. The van der Waals surface area contributed by atoms with Gasteiger partial charge in [-0.1, -0.05) is 35.4 Å². The Kier molecular flexibility index (Phi) is 5.85. The molecule has 1 unspecified atom stereocenters. The maximum absolute atomic E-state index is 12.8. The number of hydrogen-bond donors (Lipinski definition) is 1. The number of carbonyl (C=O) groups excluding carboxylic acids is 1. The van der Waals surface area contributed by atoms with Gasteiger partial charge in [0.05, 0.1) is 5.41 Å². The number of halogens is 1. The van der Waals surface area contributed by atoms with E-state index in [1.54, 1.807) is 0 Å². The van der Waals surface area contributed by atoms with Crippen LogP contribution in [0.5, 0.6) is 0 Å². The van der Waals surface area contributed by atoms with E-state index in [0.29, 0.717) is 5.92 Å². The Bertz CT molecular complexity index is 630. The highest BCUT2D eigenvalue weighted by Crippen LogP contribution is 2.48. The Balaban J connectivity index is 1.52. The van der Waals surface area contributed by atoms with Crippen LogP contribution in [0.25, 0.3) is 0 Å². The Hall–Kier alpha value is -1.32. The van der Waals surface area contributed by atoms with Gasteiger partial charge in [0.1, 0.15) is 0 Å². The lowest BCUT2D eigenvalue weighted by molar-refractivity contribution is -0.123. The molecule has 1 amide bonds. The van der Waals surface area contributed by atoms with Gasteiger partial charge in [0, 0.05) is 24.7 Å². The van der Waals surface area contributed by atoms with Crippen LogP contribution in [0.3, 0.4) is 0 Å². The molecular formula is C21H29ClN2O. The Labute approximate surface area is 156 Å². The van der Waals surface area contributed by atoms with E-state index >= 15 is 0 Å². The third-order valence-corrected chi connectivity index (χ3v) is 5.75. The molecular weight excluding hydrogens is 332 g/mol. The van der Waals surface area contributed by atoms with Crippen molar-refractivity contribution in [2.24, 2.45) is 5.92 Å². The summed E-state index contributed by atoms with van der Waals surface area (Å²) in [6.07, 6.45) is 6.61. The Morgan fingerprint density at radius 1 is 1.32 bits per heavy atom. The highest BCUT2D eigenvalue weighted by molar-refractivity contribution is 6.30. The quantitative estimate of drug-likeness (QED) is 0.772. The number of allylic oxidation sites excluding steroid dienone is 1. The van der Waals surface area contributed by atoms with Crippen LogP contribution in [0.15, 0.2) is 35.9 Å². The fraction of sp³-hybridized carbons (Fsp3) is 0.571. The summed E-state index contributed by atoms with van der Waals surface area (Å²) in [5.74, 6) is 0.750. The second-order valence-corrected chi connectivity index (χ2v) is 8.28.